The van der Waals surface area contributed by atoms with Gasteiger partial charge in [-0.15, -0.1) is 0 Å². The Kier molecular flexibility index (Phi) is 7.39. The van der Waals surface area contributed by atoms with Gasteiger partial charge in [-0.05, 0) is 13.3 Å². The van der Waals surface area contributed by atoms with Crippen LogP contribution in [0.1, 0.15) is 25.4 Å². The molecule has 0 saturated carbocycles. The van der Waals surface area contributed by atoms with Crippen LogP contribution in [0.3, 0.4) is 0 Å². The number of halogens is 1. The largest absolute Gasteiger partial charge is 0.490 e. The second-order valence-corrected chi connectivity index (χ2v) is 11.6. The zero-order chi connectivity index (χ0) is 25.7. The maximum absolute atomic E-state index is 15.1. The van der Waals surface area contributed by atoms with Crippen molar-refractivity contribution in [1.29, 1.82) is 0 Å². The van der Waals surface area contributed by atoms with E-state index >= 15 is 4.39 Å². The summed E-state index contributed by atoms with van der Waals surface area (Å²) in [7, 11) is -16.9. The van der Waals surface area contributed by atoms with Crippen LogP contribution in [0.4, 0.5) is 4.39 Å². The molecule has 6 N–H and O–H groups in total. The Hall–Kier alpha value is -1.39. The Morgan fingerprint density at radius 2 is 1.88 bits per heavy atom. The average Bonchev–Trinajstić information content (AvgIpc) is 3.18. The molecule has 1 aliphatic rings. The van der Waals surface area contributed by atoms with Crippen molar-refractivity contribution in [3.05, 3.63) is 22.5 Å². The van der Waals surface area contributed by atoms with E-state index in [2.05, 4.69) is 28.1 Å². The zero-order valence-electron chi connectivity index (χ0n) is 17.3. The van der Waals surface area contributed by atoms with Gasteiger partial charge in [0, 0.05) is 0 Å². The van der Waals surface area contributed by atoms with Gasteiger partial charge in [-0.25, -0.2) is 28.1 Å². The minimum atomic E-state index is -5.78. The number of H-pyrrole nitrogens is 1. The van der Waals surface area contributed by atoms with E-state index < -0.39 is 59.7 Å². The molecule has 0 radical (unpaired) electrons. The number of aliphatic hydroxyl groups excluding tert-OH is 1. The van der Waals surface area contributed by atoms with Crippen LogP contribution < -0.4 is 5.56 Å². The second kappa shape index (κ2) is 9.24. The summed E-state index contributed by atoms with van der Waals surface area (Å²) in [5.74, 6) is 0.183. The molecular formula is C13H20FN4O13P3. The van der Waals surface area contributed by atoms with Crippen LogP contribution in [0.25, 0.3) is 11.2 Å². The summed E-state index contributed by atoms with van der Waals surface area (Å²) in [6, 6.07) is 0. The molecule has 1 fully saturated rings. The van der Waals surface area contributed by atoms with Gasteiger partial charge in [0.05, 0.1) is 12.9 Å². The van der Waals surface area contributed by atoms with Crippen LogP contribution in [-0.4, -0.2) is 68.7 Å². The number of alkyl halides is 1. The third-order valence-electron chi connectivity index (χ3n) is 4.78. The number of fused-ring (bicyclic) bond motifs is 1. The van der Waals surface area contributed by atoms with E-state index in [1.165, 1.54) is 13.8 Å². The maximum atomic E-state index is 15.1. The number of hydrogen-bond donors (Lipinski definition) is 6. The summed E-state index contributed by atoms with van der Waals surface area (Å²) in [6.45, 7) is 1.79. The first-order valence-corrected chi connectivity index (χ1v) is 13.7. The molecule has 6 atom stereocenters. The van der Waals surface area contributed by atoms with Crippen molar-refractivity contribution in [2.45, 2.75) is 44.4 Å². The first kappa shape index (κ1) is 27.2. The normalized spacial score (nSPS) is 29.2. The molecule has 1 aliphatic heterocycles. The van der Waals surface area contributed by atoms with Crippen LogP contribution in [-0.2, 0) is 31.6 Å². The van der Waals surface area contributed by atoms with Crippen molar-refractivity contribution in [3.63, 3.8) is 0 Å². The fraction of sp³-hybridized carbons (Fsp3) is 0.615. The van der Waals surface area contributed by atoms with Crippen molar-refractivity contribution in [3.8, 4) is 0 Å². The summed E-state index contributed by atoms with van der Waals surface area (Å²) < 4.78 is 67.7. The number of aromatic amines is 1. The number of rotatable bonds is 9. The molecule has 192 valence electrons. The molecule has 17 nitrogen and oxygen atoms in total. The van der Waals surface area contributed by atoms with E-state index in [0.717, 1.165) is 10.9 Å². The molecule has 2 aromatic rings. The summed E-state index contributed by atoms with van der Waals surface area (Å²) in [5, 5.41) is 10.5. The fourth-order valence-electron chi connectivity index (χ4n) is 3.26. The third kappa shape index (κ3) is 5.70. The zero-order valence-corrected chi connectivity index (χ0v) is 20.0. The number of hydrogen-bond acceptors (Lipinski definition) is 11. The highest BCUT2D eigenvalue weighted by molar-refractivity contribution is 7.66. The molecule has 0 amide bonds. The lowest BCUT2D eigenvalue weighted by molar-refractivity contribution is -0.126. The van der Waals surface area contributed by atoms with Crippen molar-refractivity contribution in [2.75, 3.05) is 6.61 Å². The highest BCUT2D eigenvalue weighted by Gasteiger charge is 2.56. The fourth-order valence-corrected chi connectivity index (χ4v) is 6.34. The van der Waals surface area contributed by atoms with E-state index in [1.807, 2.05) is 0 Å². The molecule has 0 spiro atoms. The number of phosphoric ester groups is 1. The first-order valence-electron chi connectivity index (χ1n) is 9.21. The molecule has 0 aliphatic carbocycles. The van der Waals surface area contributed by atoms with Crippen LogP contribution in [0.2, 0.25) is 0 Å². The van der Waals surface area contributed by atoms with Gasteiger partial charge in [-0.2, -0.15) is 8.62 Å². The summed E-state index contributed by atoms with van der Waals surface area (Å²) in [5.41, 5.74) is -2.83. The lowest BCUT2D eigenvalue weighted by atomic mass is 9.94. The minimum Gasteiger partial charge on any atom is -0.387 e. The quantitative estimate of drug-likeness (QED) is 0.226. The highest BCUT2D eigenvalue weighted by Crippen LogP contribution is 2.66. The predicted octanol–water partition coefficient (Wildman–Crippen LogP) is 0.148. The molecule has 21 heteroatoms. The van der Waals surface area contributed by atoms with Gasteiger partial charge in [-0.1, -0.05) is 6.92 Å². The van der Waals surface area contributed by atoms with Gasteiger partial charge in [0.1, 0.15) is 17.5 Å². The molecule has 0 aromatic carbocycles. The Labute approximate surface area is 189 Å². The Morgan fingerprint density at radius 3 is 2.47 bits per heavy atom. The molecule has 2 aromatic heterocycles. The molecule has 0 bridgehead atoms. The van der Waals surface area contributed by atoms with E-state index in [0.29, 0.717) is 0 Å². The SMILES string of the molecule is CC[C@]1(COP(=O)(O)OP(=O)(O)OP(=O)(O)O)O[C@@H](n2cnc3c(=O)[nH]c(C)nc32)[C@H](F)[C@@H]1O. The number of nitrogens with zero attached hydrogens (tertiary/aromatic N) is 3. The van der Waals surface area contributed by atoms with Gasteiger partial charge in [0.15, 0.2) is 23.6 Å². The van der Waals surface area contributed by atoms with Gasteiger partial charge in [-0.3, -0.25) is 13.9 Å². The van der Waals surface area contributed by atoms with Crippen LogP contribution in [0.15, 0.2) is 11.1 Å². The molecule has 3 heterocycles. The number of nitrogens with one attached hydrogen (secondary N) is 1. The van der Waals surface area contributed by atoms with Crippen LogP contribution in [0.5, 0.6) is 0 Å². The molecule has 1 saturated heterocycles. The second-order valence-electron chi connectivity index (χ2n) is 7.16. The van der Waals surface area contributed by atoms with E-state index in [4.69, 9.17) is 14.5 Å². The van der Waals surface area contributed by atoms with Crippen molar-refractivity contribution < 1.29 is 60.6 Å². The van der Waals surface area contributed by atoms with Crippen molar-refractivity contribution in [2.24, 2.45) is 0 Å². The Bertz CT molecular complexity index is 1280. The minimum absolute atomic E-state index is 0.0686. The predicted molar refractivity (Wildman–Crippen MR) is 107 cm³/mol. The smallest absolute Gasteiger partial charge is 0.387 e. The monoisotopic (exact) mass is 552 g/mol. The molecule has 3 rings (SSSR count). The van der Waals surface area contributed by atoms with Gasteiger partial charge >= 0.3 is 23.5 Å². The topological polar surface area (TPSA) is 253 Å². The van der Waals surface area contributed by atoms with Crippen LogP contribution >= 0.6 is 23.5 Å². The van der Waals surface area contributed by atoms with Gasteiger partial charge < -0.3 is 34.4 Å². The number of ether oxygens (including phenoxy) is 1. The van der Waals surface area contributed by atoms with Crippen molar-refractivity contribution >= 4 is 34.6 Å². The maximum Gasteiger partial charge on any atom is 0.490 e. The van der Waals surface area contributed by atoms with Crippen LogP contribution in [0, 0.1) is 6.92 Å². The van der Waals surface area contributed by atoms with E-state index in [9.17, 15) is 33.4 Å². The van der Waals surface area contributed by atoms with Gasteiger partial charge in [0.2, 0.25) is 0 Å². The average molecular weight is 552 g/mol. The lowest BCUT2D eigenvalue weighted by Crippen LogP contribution is -2.45. The summed E-state index contributed by atoms with van der Waals surface area (Å²) in [4.78, 5) is 58.4. The lowest BCUT2D eigenvalue weighted by Gasteiger charge is -2.30. The van der Waals surface area contributed by atoms with E-state index in [-0.39, 0.29) is 23.4 Å². The molecular weight excluding hydrogens is 532 g/mol. The third-order valence-corrected chi connectivity index (χ3v) is 8.56. The van der Waals surface area contributed by atoms with Gasteiger partial charge in [0.25, 0.3) is 5.56 Å². The summed E-state index contributed by atoms with van der Waals surface area (Å²) in [6.07, 6.45) is -4.94. The Morgan fingerprint density at radius 1 is 1.24 bits per heavy atom. The highest BCUT2D eigenvalue weighted by atomic mass is 31.3. The van der Waals surface area contributed by atoms with E-state index in [1.54, 1.807) is 0 Å². The number of aryl methyl sites for hydroxylation is 1. The Balaban J connectivity index is 1.83. The first-order chi connectivity index (χ1) is 15.5. The molecule has 2 unspecified atom stereocenters. The summed E-state index contributed by atoms with van der Waals surface area (Å²) >= 11 is 0. The number of phosphoric acid groups is 3. The number of imidazole rings is 1. The number of aliphatic hydroxyl groups is 1. The standard InChI is InChI=1S/C13H20FN4O13P3/c1-3-13(4-28-33(24,25)31-34(26,27)30-32(21,22)23)9(19)7(14)12(29-13)18-5-15-8-10(18)16-6(2)17-11(8)20/h5,7,9,12,19H,3-4H2,1-2H3,(H,24,25)(H,26,27)(H,16,17,20)(H2,21,22,23)/t7-,9+,12-,13-/m1/s1. The van der Waals surface area contributed by atoms with Crippen molar-refractivity contribution in [1.82, 2.24) is 19.5 Å². The molecule has 34 heavy (non-hydrogen) atoms. The number of aromatic nitrogens is 4.